The Labute approximate surface area is 112 Å². The highest BCUT2D eigenvalue weighted by Crippen LogP contribution is 2.38. The number of benzene rings is 2. The third-order valence-corrected chi connectivity index (χ3v) is 3.54. The summed E-state index contributed by atoms with van der Waals surface area (Å²) in [5.74, 6) is -0.347. The largest absolute Gasteiger partial charge is 0.301 e. The Hall–Kier alpha value is -1.59. The van der Waals surface area contributed by atoms with Gasteiger partial charge in [-0.1, -0.05) is 29.4 Å². The summed E-state index contributed by atoms with van der Waals surface area (Å²) in [7, 11) is 0. The van der Waals surface area contributed by atoms with Crippen LogP contribution in [-0.4, -0.2) is 4.92 Å². The first-order valence-electron chi connectivity index (χ1n) is 4.94. The molecule has 0 bridgehead atoms. The second-order valence-corrected chi connectivity index (χ2v) is 4.92. The zero-order valence-corrected chi connectivity index (χ0v) is 10.5. The van der Waals surface area contributed by atoms with Gasteiger partial charge in [0.25, 0.3) is 0 Å². The monoisotopic (exact) mass is 283 g/mol. The number of nitro groups is 1. The van der Waals surface area contributed by atoms with E-state index in [1.807, 2.05) is 0 Å². The van der Waals surface area contributed by atoms with E-state index in [-0.39, 0.29) is 16.5 Å². The fraction of sp³-hybridized carbons (Fsp3) is 0. The Kier molecular flexibility index (Phi) is 3.84. The minimum atomic E-state index is -0.520. The lowest BCUT2D eigenvalue weighted by molar-refractivity contribution is -0.387. The minimum Gasteiger partial charge on any atom is -0.258 e. The molecule has 0 aromatic heterocycles. The molecule has 0 amide bonds. The van der Waals surface area contributed by atoms with Gasteiger partial charge in [-0.2, -0.15) is 0 Å². The summed E-state index contributed by atoms with van der Waals surface area (Å²) in [6.45, 7) is 0. The Morgan fingerprint density at radius 1 is 1.17 bits per heavy atom. The van der Waals surface area contributed by atoms with Gasteiger partial charge in [0.2, 0.25) is 0 Å². The maximum absolute atomic E-state index is 12.8. The molecule has 0 unspecified atom stereocenters. The van der Waals surface area contributed by atoms with Crippen LogP contribution in [0, 0.1) is 15.9 Å². The molecule has 2 aromatic rings. The van der Waals surface area contributed by atoms with Gasteiger partial charge in [-0.25, -0.2) is 4.39 Å². The molecule has 3 nitrogen and oxygen atoms in total. The first-order chi connectivity index (χ1) is 8.58. The smallest absolute Gasteiger partial charge is 0.258 e. The number of hydrogen-bond donors (Lipinski definition) is 0. The van der Waals surface area contributed by atoms with Crippen LogP contribution in [0.2, 0.25) is 5.02 Å². The van der Waals surface area contributed by atoms with Gasteiger partial charge in [-0.05, 0) is 36.4 Å². The lowest BCUT2D eigenvalue weighted by Crippen LogP contribution is -1.91. The van der Waals surface area contributed by atoms with E-state index < -0.39 is 4.92 Å². The third kappa shape index (κ3) is 2.80. The number of rotatable bonds is 3. The van der Waals surface area contributed by atoms with Crippen LogP contribution in [0.3, 0.4) is 0 Å². The van der Waals surface area contributed by atoms with Crippen LogP contribution >= 0.6 is 23.4 Å². The second-order valence-electron chi connectivity index (χ2n) is 3.40. The average molecular weight is 284 g/mol. The predicted octanol–water partition coefficient (Wildman–Crippen LogP) is 4.54. The van der Waals surface area contributed by atoms with Crippen molar-refractivity contribution < 1.29 is 9.31 Å². The molecule has 0 saturated carbocycles. The van der Waals surface area contributed by atoms with Crippen molar-refractivity contribution >= 4 is 29.1 Å². The number of nitro benzene ring substituents is 1. The van der Waals surface area contributed by atoms with Gasteiger partial charge in [0.05, 0.1) is 9.82 Å². The van der Waals surface area contributed by atoms with E-state index >= 15 is 0 Å². The van der Waals surface area contributed by atoms with Crippen LogP contribution in [0.15, 0.2) is 52.3 Å². The molecule has 0 fully saturated rings. The summed E-state index contributed by atoms with van der Waals surface area (Å²) in [5, 5.41) is 11.0. The standard InChI is InChI=1S/C12H7ClFNO2S/c13-10-2-1-3-11(12(10)15(16)17)18-9-6-4-8(14)5-7-9/h1-7H. The summed E-state index contributed by atoms with van der Waals surface area (Å²) in [4.78, 5) is 11.6. The van der Waals surface area contributed by atoms with E-state index in [2.05, 4.69) is 0 Å². The second kappa shape index (κ2) is 5.37. The summed E-state index contributed by atoms with van der Waals surface area (Å²) >= 11 is 6.97. The summed E-state index contributed by atoms with van der Waals surface area (Å²) < 4.78 is 12.8. The number of hydrogen-bond acceptors (Lipinski definition) is 3. The zero-order valence-electron chi connectivity index (χ0n) is 8.97. The van der Waals surface area contributed by atoms with Crippen molar-refractivity contribution in [2.45, 2.75) is 9.79 Å². The van der Waals surface area contributed by atoms with Gasteiger partial charge in [0.15, 0.2) is 0 Å². The van der Waals surface area contributed by atoms with Gasteiger partial charge in [0.1, 0.15) is 10.8 Å². The van der Waals surface area contributed by atoms with Gasteiger partial charge in [-0.15, -0.1) is 0 Å². The van der Waals surface area contributed by atoms with Crippen molar-refractivity contribution in [3.05, 3.63) is 63.4 Å². The van der Waals surface area contributed by atoms with Crippen molar-refractivity contribution in [3.63, 3.8) is 0 Å². The van der Waals surface area contributed by atoms with Gasteiger partial charge >= 0.3 is 5.69 Å². The fourth-order valence-corrected chi connectivity index (χ4v) is 2.64. The molecule has 0 radical (unpaired) electrons. The molecule has 2 aromatic carbocycles. The first kappa shape index (κ1) is 12.9. The van der Waals surface area contributed by atoms with Gasteiger partial charge < -0.3 is 0 Å². The molecular formula is C12H7ClFNO2S. The van der Waals surface area contributed by atoms with Crippen LogP contribution in [0.5, 0.6) is 0 Å². The number of para-hydroxylation sites is 1. The summed E-state index contributed by atoms with van der Waals surface area (Å²) in [6, 6.07) is 10.4. The van der Waals surface area contributed by atoms with Gasteiger partial charge in [-0.3, -0.25) is 10.1 Å². The van der Waals surface area contributed by atoms with E-state index in [9.17, 15) is 14.5 Å². The van der Waals surface area contributed by atoms with Crippen LogP contribution in [-0.2, 0) is 0 Å². The maximum Gasteiger partial charge on any atom is 0.301 e. The number of nitrogens with zero attached hydrogens (tertiary/aromatic N) is 1. The van der Waals surface area contributed by atoms with Crippen molar-refractivity contribution in [2.75, 3.05) is 0 Å². The highest BCUT2D eigenvalue weighted by molar-refractivity contribution is 7.99. The van der Waals surface area contributed by atoms with E-state index in [4.69, 9.17) is 11.6 Å². The molecular weight excluding hydrogens is 277 g/mol. The molecule has 0 saturated heterocycles. The highest BCUT2D eigenvalue weighted by Gasteiger charge is 2.18. The molecule has 0 aliphatic carbocycles. The molecule has 6 heteroatoms. The Morgan fingerprint density at radius 2 is 1.83 bits per heavy atom. The molecule has 0 aliphatic rings. The highest BCUT2D eigenvalue weighted by atomic mass is 35.5. The minimum absolute atomic E-state index is 0.0899. The quantitative estimate of drug-likeness (QED) is 0.613. The Morgan fingerprint density at radius 3 is 2.44 bits per heavy atom. The lowest BCUT2D eigenvalue weighted by atomic mass is 10.3. The van der Waals surface area contributed by atoms with E-state index in [0.29, 0.717) is 9.79 Å². The van der Waals surface area contributed by atoms with E-state index in [1.165, 1.54) is 30.0 Å². The third-order valence-electron chi connectivity index (χ3n) is 2.17. The molecule has 92 valence electrons. The fourth-order valence-electron chi connectivity index (χ4n) is 1.38. The topological polar surface area (TPSA) is 43.1 Å². The molecule has 0 heterocycles. The summed E-state index contributed by atoms with van der Waals surface area (Å²) in [5.41, 5.74) is -0.131. The van der Waals surface area contributed by atoms with E-state index in [1.54, 1.807) is 24.3 Å². The number of halogens is 2. The predicted molar refractivity (Wildman–Crippen MR) is 68.6 cm³/mol. The average Bonchev–Trinajstić information content (AvgIpc) is 2.32. The molecule has 0 atom stereocenters. The van der Waals surface area contributed by atoms with Crippen LogP contribution < -0.4 is 0 Å². The van der Waals surface area contributed by atoms with Crippen molar-refractivity contribution in [2.24, 2.45) is 0 Å². The van der Waals surface area contributed by atoms with Crippen molar-refractivity contribution in [1.29, 1.82) is 0 Å². The SMILES string of the molecule is O=[N+]([O-])c1c(Cl)cccc1Sc1ccc(F)cc1. The summed E-state index contributed by atoms with van der Waals surface area (Å²) in [6.07, 6.45) is 0. The lowest BCUT2D eigenvalue weighted by Gasteiger charge is -2.04. The molecule has 2 rings (SSSR count). The Bertz CT molecular complexity index is 589. The van der Waals surface area contributed by atoms with Crippen LogP contribution in [0.4, 0.5) is 10.1 Å². The first-order valence-corrected chi connectivity index (χ1v) is 6.13. The maximum atomic E-state index is 12.8. The van der Waals surface area contributed by atoms with Crippen LogP contribution in [0.1, 0.15) is 0 Å². The van der Waals surface area contributed by atoms with Crippen molar-refractivity contribution in [3.8, 4) is 0 Å². The van der Waals surface area contributed by atoms with Crippen molar-refractivity contribution in [1.82, 2.24) is 0 Å². The zero-order chi connectivity index (χ0) is 13.1. The molecule has 0 aliphatic heterocycles. The van der Waals surface area contributed by atoms with E-state index in [0.717, 1.165) is 0 Å². The molecule has 18 heavy (non-hydrogen) atoms. The Balaban J connectivity index is 2.37. The molecule has 0 spiro atoms. The molecule has 0 N–H and O–H groups in total. The van der Waals surface area contributed by atoms with Gasteiger partial charge in [0, 0.05) is 4.90 Å². The normalized spacial score (nSPS) is 10.3. The van der Waals surface area contributed by atoms with Crippen LogP contribution in [0.25, 0.3) is 0 Å².